The van der Waals surface area contributed by atoms with E-state index in [1.807, 2.05) is 37.3 Å². The maximum absolute atomic E-state index is 13.1. The van der Waals surface area contributed by atoms with E-state index in [4.69, 9.17) is 11.6 Å². The monoisotopic (exact) mass is 429 g/mol. The molecule has 0 spiro atoms. The van der Waals surface area contributed by atoms with Crippen LogP contribution in [0.15, 0.2) is 48.7 Å². The zero-order chi connectivity index (χ0) is 20.6. The number of carbonyl (C=O) groups is 1. The molecule has 3 aromatic rings. The van der Waals surface area contributed by atoms with Gasteiger partial charge >= 0.3 is 0 Å². The SMILES string of the molecule is Cc1cccc2c(Nc3cccc(Cl)c3)ncc(C(=O)N3CCS(=O)(=O)CC3)c12. The number of rotatable bonds is 3. The van der Waals surface area contributed by atoms with Crippen molar-refractivity contribution in [3.63, 3.8) is 0 Å². The summed E-state index contributed by atoms with van der Waals surface area (Å²) in [6, 6.07) is 13.1. The van der Waals surface area contributed by atoms with E-state index in [2.05, 4.69) is 10.3 Å². The molecule has 29 heavy (non-hydrogen) atoms. The molecule has 0 saturated carbocycles. The standard InChI is InChI=1S/C21H20ClN3O3S/c1-14-4-2-7-17-19(14)18(21(26)25-8-10-29(27,28)11-9-25)13-23-20(17)24-16-6-3-5-15(22)12-16/h2-7,12-13H,8-11H2,1H3,(H,23,24). The van der Waals surface area contributed by atoms with E-state index < -0.39 is 9.84 Å². The second-order valence-electron chi connectivity index (χ2n) is 7.10. The van der Waals surface area contributed by atoms with E-state index in [1.54, 1.807) is 23.2 Å². The predicted octanol–water partition coefficient (Wildman–Crippen LogP) is 3.81. The summed E-state index contributed by atoms with van der Waals surface area (Å²) in [6.07, 6.45) is 1.56. The van der Waals surface area contributed by atoms with Crippen molar-refractivity contribution in [1.29, 1.82) is 0 Å². The van der Waals surface area contributed by atoms with Gasteiger partial charge in [0.2, 0.25) is 0 Å². The number of hydrogen-bond donors (Lipinski definition) is 1. The summed E-state index contributed by atoms with van der Waals surface area (Å²) in [4.78, 5) is 19.2. The molecule has 6 nitrogen and oxygen atoms in total. The lowest BCUT2D eigenvalue weighted by molar-refractivity contribution is 0.0772. The summed E-state index contributed by atoms with van der Waals surface area (Å²) in [5.41, 5.74) is 2.23. The van der Waals surface area contributed by atoms with Crippen LogP contribution in [0.3, 0.4) is 0 Å². The zero-order valence-electron chi connectivity index (χ0n) is 15.9. The minimum Gasteiger partial charge on any atom is -0.340 e. The molecule has 0 bridgehead atoms. The van der Waals surface area contributed by atoms with Gasteiger partial charge in [0.1, 0.15) is 5.82 Å². The molecule has 1 N–H and O–H groups in total. The third kappa shape index (κ3) is 4.06. The minimum atomic E-state index is -3.06. The number of nitrogens with zero attached hydrogens (tertiary/aromatic N) is 2. The Kier molecular flexibility index (Phi) is 5.19. The summed E-state index contributed by atoms with van der Waals surface area (Å²) < 4.78 is 23.4. The van der Waals surface area contributed by atoms with Gasteiger partial charge < -0.3 is 10.2 Å². The predicted molar refractivity (Wildman–Crippen MR) is 116 cm³/mol. The normalized spacial score (nSPS) is 16.0. The lowest BCUT2D eigenvalue weighted by Gasteiger charge is -2.27. The molecule has 1 aromatic heterocycles. The van der Waals surface area contributed by atoms with Gasteiger partial charge in [-0.3, -0.25) is 4.79 Å². The molecule has 0 radical (unpaired) electrons. The summed E-state index contributed by atoms with van der Waals surface area (Å²) >= 11 is 6.07. The highest BCUT2D eigenvalue weighted by Crippen LogP contribution is 2.31. The van der Waals surface area contributed by atoms with Gasteiger partial charge in [-0.2, -0.15) is 0 Å². The molecule has 1 saturated heterocycles. The van der Waals surface area contributed by atoms with Crippen molar-refractivity contribution < 1.29 is 13.2 Å². The third-order valence-corrected chi connectivity index (χ3v) is 6.91. The van der Waals surface area contributed by atoms with Gasteiger partial charge in [0.15, 0.2) is 9.84 Å². The fourth-order valence-corrected chi connectivity index (χ4v) is 4.93. The molecular weight excluding hydrogens is 410 g/mol. The topological polar surface area (TPSA) is 79.4 Å². The number of fused-ring (bicyclic) bond motifs is 1. The highest BCUT2D eigenvalue weighted by atomic mass is 35.5. The maximum atomic E-state index is 13.1. The van der Waals surface area contributed by atoms with Crippen LogP contribution in [0.1, 0.15) is 15.9 Å². The number of sulfone groups is 1. The molecule has 4 rings (SSSR count). The van der Waals surface area contributed by atoms with Crippen molar-refractivity contribution in [2.45, 2.75) is 6.92 Å². The Morgan fingerprint density at radius 3 is 2.59 bits per heavy atom. The minimum absolute atomic E-state index is 0.00249. The number of hydrogen-bond acceptors (Lipinski definition) is 5. The van der Waals surface area contributed by atoms with E-state index >= 15 is 0 Å². The number of carbonyl (C=O) groups excluding carboxylic acids is 1. The maximum Gasteiger partial charge on any atom is 0.256 e. The number of aromatic nitrogens is 1. The van der Waals surface area contributed by atoms with Crippen LogP contribution in [0, 0.1) is 6.92 Å². The molecule has 8 heteroatoms. The Bertz CT molecular complexity index is 1200. The fraction of sp³-hybridized carbons (Fsp3) is 0.238. The quantitative estimate of drug-likeness (QED) is 0.684. The van der Waals surface area contributed by atoms with E-state index in [-0.39, 0.29) is 30.5 Å². The molecular formula is C21H20ClN3O3S. The lowest BCUT2D eigenvalue weighted by Crippen LogP contribution is -2.43. The van der Waals surface area contributed by atoms with Crippen molar-refractivity contribution in [3.8, 4) is 0 Å². The Morgan fingerprint density at radius 2 is 1.86 bits per heavy atom. The number of halogens is 1. The van der Waals surface area contributed by atoms with Crippen molar-refractivity contribution in [2.75, 3.05) is 29.9 Å². The highest BCUT2D eigenvalue weighted by Gasteiger charge is 2.27. The smallest absolute Gasteiger partial charge is 0.256 e. The van der Waals surface area contributed by atoms with Gasteiger partial charge in [0.05, 0.1) is 17.1 Å². The summed E-state index contributed by atoms with van der Waals surface area (Å²) in [7, 11) is -3.06. The number of pyridine rings is 1. The van der Waals surface area contributed by atoms with E-state index in [1.165, 1.54) is 0 Å². The van der Waals surface area contributed by atoms with Crippen molar-refractivity contribution in [1.82, 2.24) is 9.88 Å². The number of amides is 1. The number of aryl methyl sites for hydroxylation is 1. The Balaban J connectivity index is 1.74. The molecule has 1 aliphatic rings. The molecule has 1 fully saturated rings. The molecule has 2 heterocycles. The molecule has 1 amide bonds. The van der Waals surface area contributed by atoms with Crippen molar-refractivity contribution in [2.24, 2.45) is 0 Å². The zero-order valence-corrected chi connectivity index (χ0v) is 17.4. The third-order valence-electron chi connectivity index (χ3n) is 5.07. The molecule has 150 valence electrons. The van der Waals surface area contributed by atoms with Gasteiger partial charge in [-0.1, -0.05) is 35.9 Å². The first-order chi connectivity index (χ1) is 13.8. The largest absolute Gasteiger partial charge is 0.340 e. The molecule has 2 aromatic carbocycles. The summed E-state index contributed by atoms with van der Waals surface area (Å²) in [5.74, 6) is 0.430. The van der Waals surface area contributed by atoms with Crippen LogP contribution in [0.4, 0.5) is 11.5 Å². The van der Waals surface area contributed by atoms with Crippen LogP contribution >= 0.6 is 11.6 Å². The van der Waals surface area contributed by atoms with E-state index in [0.717, 1.165) is 22.0 Å². The first kappa shape index (κ1) is 19.7. The molecule has 0 atom stereocenters. The summed E-state index contributed by atoms with van der Waals surface area (Å²) in [6.45, 7) is 2.36. The van der Waals surface area contributed by atoms with Crippen molar-refractivity contribution >= 4 is 49.6 Å². The summed E-state index contributed by atoms with van der Waals surface area (Å²) in [5, 5.41) is 5.52. The van der Waals surface area contributed by atoms with E-state index in [0.29, 0.717) is 16.4 Å². The molecule has 0 unspecified atom stereocenters. The van der Waals surface area contributed by atoms with Gasteiger partial charge in [-0.05, 0) is 30.7 Å². The van der Waals surface area contributed by atoms with E-state index in [9.17, 15) is 13.2 Å². The van der Waals surface area contributed by atoms with Gasteiger partial charge in [-0.25, -0.2) is 13.4 Å². The second kappa shape index (κ2) is 7.65. The van der Waals surface area contributed by atoms with Crippen LogP contribution < -0.4 is 5.32 Å². The Hall–Kier alpha value is -2.64. The van der Waals surface area contributed by atoms with Crippen LogP contribution in [0.2, 0.25) is 5.02 Å². The van der Waals surface area contributed by atoms with Crippen LogP contribution in [-0.4, -0.2) is 48.8 Å². The second-order valence-corrected chi connectivity index (χ2v) is 9.84. The average Bonchev–Trinajstić information content (AvgIpc) is 2.68. The van der Waals surface area contributed by atoms with Gasteiger partial charge in [-0.15, -0.1) is 0 Å². The lowest BCUT2D eigenvalue weighted by atomic mass is 10.0. The number of nitrogens with one attached hydrogen (secondary N) is 1. The number of anilines is 2. The van der Waals surface area contributed by atoms with Crippen LogP contribution in [-0.2, 0) is 9.84 Å². The number of benzene rings is 2. The Morgan fingerprint density at radius 1 is 1.14 bits per heavy atom. The van der Waals surface area contributed by atoms with Gasteiger partial charge in [0.25, 0.3) is 5.91 Å². The highest BCUT2D eigenvalue weighted by molar-refractivity contribution is 7.91. The van der Waals surface area contributed by atoms with Crippen LogP contribution in [0.5, 0.6) is 0 Å². The fourth-order valence-electron chi connectivity index (χ4n) is 3.54. The van der Waals surface area contributed by atoms with Crippen LogP contribution in [0.25, 0.3) is 10.8 Å². The van der Waals surface area contributed by atoms with Gasteiger partial charge in [0, 0.05) is 40.8 Å². The molecule has 0 aliphatic carbocycles. The first-order valence-electron chi connectivity index (χ1n) is 9.25. The first-order valence-corrected chi connectivity index (χ1v) is 11.4. The molecule has 1 aliphatic heterocycles. The Labute approximate surface area is 174 Å². The van der Waals surface area contributed by atoms with Crippen molar-refractivity contribution in [3.05, 3.63) is 64.8 Å². The average molecular weight is 430 g/mol.